The molecule has 0 amide bonds. The third-order valence-corrected chi connectivity index (χ3v) is 3.48. The predicted octanol–water partition coefficient (Wildman–Crippen LogP) is 3.08. The number of hydrogen-bond acceptors (Lipinski definition) is 3. The Kier molecular flexibility index (Phi) is 3.32. The maximum absolute atomic E-state index is 5.08. The van der Waals surface area contributed by atoms with Gasteiger partial charge in [0.25, 0.3) is 0 Å². The summed E-state index contributed by atoms with van der Waals surface area (Å²) in [5.41, 5.74) is 0.460. The van der Waals surface area contributed by atoms with Crippen LogP contribution in [0, 0.1) is 5.41 Å². The van der Waals surface area contributed by atoms with E-state index in [4.69, 9.17) is 4.74 Å². The molecule has 0 atom stereocenters. The number of hydrogen-bond donors (Lipinski definition) is 1. The van der Waals surface area contributed by atoms with Crippen molar-refractivity contribution in [3.05, 3.63) is 18.3 Å². The van der Waals surface area contributed by atoms with Crippen LogP contribution in [0.25, 0.3) is 0 Å². The van der Waals surface area contributed by atoms with E-state index in [1.807, 2.05) is 12.1 Å². The van der Waals surface area contributed by atoms with Crippen molar-refractivity contribution in [3.63, 3.8) is 0 Å². The number of methoxy groups -OCH3 is 1. The van der Waals surface area contributed by atoms with Gasteiger partial charge in [0.1, 0.15) is 11.6 Å². The highest BCUT2D eigenvalue weighted by Crippen LogP contribution is 2.37. The molecule has 0 bridgehead atoms. The normalized spacial score (nSPS) is 18.4. The molecular weight excluding hydrogens is 200 g/mol. The second-order valence-corrected chi connectivity index (χ2v) is 4.95. The van der Waals surface area contributed by atoms with Gasteiger partial charge in [-0.15, -0.1) is 0 Å². The minimum absolute atomic E-state index is 0.460. The van der Waals surface area contributed by atoms with Crippen molar-refractivity contribution in [3.8, 4) is 5.75 Å². The molecule has 3 nitrogen and oxygen atoms in total. The Morgan fingerprint density at radius 3 is 2.69 bits per heavy atom. The number of pyridine rings is 1. The molecule has 0 aliphatic heterocycles. The summed E-state index contributed by atoms with van der Waals surface area (Å²) in [5, 5.41) is 3.41. The van der Waals surface area contributed by atoms with Gasteiger partial charge in [-0.2, -0.15) is 0 Å². The Morgan fingerprint density at radius 2 is 2.12 bits per heavy atom. The van der Waals surface area contributed by atoms with Gasteiger partial charge in [0.2, 0.25) is 0 Å². The Labute approximate surface area is 97.2 Å². The molecule has 3 heteroatoms. The second-order valence-electron chi connectivity index (χ2n) is 4.95. The number of nitrogens with one attached hydrogen (secondary N) is 1. The number of ether oxygens (including phenoxy) is 1. The summed E-state index contributed by atoms with van der Waals surface area (Å²) >= 11 is 0. The molecular formula is C13H20N2O. The fourth-order valence-electron chi connectivity index (χ4n) is 2.31. The molecule has 88 valence electrons. The molecule has 0 radical (unpaired) electrons. The lowest BCUT2D eigenvalue weighted by atomic mass is 9.89. The van der Waals surface area contributed by atoms with E-state index in [9.17, 15) is 0 Å². The van der Waals surface area contributed by atoms with Crippen LogP contribution in [0.15, 0.2) is 18.3 Å². The molecule has 2 rings (SSSR count). The largest absolute Gasteiger partial charge is 0.495 e. The van der Waals surface area contributed by atoms with E-state index in [1.54, 1.807) is 13.3 Å². The lowest BCUT2D eigenvalue weighted by molar-refractivity contribution is 0.361. The van der Waals surface area contributed by atoms with Crippen LogP contribution in [0.5, 0.6) is 5.75 Å². The van der Waals surface area contributed by atoms with Gasteiger partial charge in [-0.25, -0.2) is 4.98 Å². The summed E-state index contributed by atoms with van der Waals surface area (Å²) in [4.78, 5) is 4.31. The van der Waals surface area contributed by atoms with Crippen LogP contribution in [0.1, 0.15) is 32.6 Å². The Hall–Kier alpha value is -1.25. The molecule has 1 aliphatic carbocycles. The van der Waals surface area contributed by atoms with Gasteiger partial charge in [-0.1, -0.05) is 19.8 Å². The molecule has 1 aliphatic rings. The Balaban J connectivity index is 1.89. The van der Waals surface area contributed by atoms with Crippen molar-refractivity contribution in [1.82, 2.24) is 4.98 Å². The van der Waals surface area contributed by atoms with Crippen molar-refractivity contribution in [2.24, 2.45) is 5.41 Å². The van der Waals surface area contributed by atoms with Crippen LogP contribution in [0.4, 0.5) is 5.82 Å². The maximum atomic E-state index is 5.08. The lowest BCUT2D eigenvalue weighted by Gasteiger charge is -2.23. The first-order valence-electron chi connectivity index (χ1n) is 5.96. The van der Waals surface area contributed by atoms with E-state index in [0.717, 1.165) is 18.1 Å². The molecule has 0 saturated heterocycles. The van der Waals surface area contributed by atoms with Gasteiger partial charge in [-0.05, 0) is 30.4 Å². The number of rotatable bonds is 4. The van der Waals surface area contributed by atoms with Gasteiger partial charge in [0.05, 0.1) is 13.3 Å². The zero-order valence-corrected chi connectivity index (χ0v) is 10.1. The maximum Gasteiger partial charge on any atom is 0.137 e. The molecule has 0 aromatic carbocycles. The van der Waals surface area contributed by atoms with Gasteiger partial charge in [0, 0.05) is 6.54 Å². The van der Waals surface area contributed by atoms with Gasteiger partial charge < -0.3 is 10.1 Å². The third-order valence-electron chi connectivity index (χ3n) is 3.48. The standard InChI is InChI=1S/C13H20N2O/c1-13(7-3-4-8-13)10-15-12-6-5-11(16-2)9-14-12/h5-6,9H,3-4,7-8,10H2,1-2H3,(H,14,15). The lowest BCUT2D eigenvalue weighted by Crippen LogP contribution is -2.23. The average Bonchev–Trinajstić information content (AvgIpc) is 2.75. The summed E-state index contributed by atoms with van der Waals surface area (Å²) in [6.45, 7) is 3.38. The smallest absolute Gasteiger partial charge is 0.137 e. The van der Waals surface area contributed by atoms with Gasteiger partial charge in [-0.3, -0.25) is 0 Å². The highest BCUT2D eigenvalue weighted by Gasteiger charge is 2.28. The fourth-order valence-corrected chi connectivity index (χ4v) is 2.31. The number of nitrogens with zero attached hydrogens (tertiary/aromatic N) is 1. The average molecular weight is 220 g/mol. The fraction of sp³-hybridized carbons (Fsp3) is 0.615. The monoisotopic (exact) mass is 220 g/mol. The van der Waals surface area contributed by atoms with Crippen LogP contribution in [-0.2, 0) is 0 Å². The van der Waals surface area contributed by atoms with E-state index in [-0.39, 0.29) is 0 Å². The van der Waals surface area contributed by atoms with Crippen LogP contribution < -0.4 is 10.1 Å². The third kappa shape index (κ3) is 2.65. The Morgan fingerprint density at radius 1 is 1.38 bits per heavy atom. The first-order chi connectivity index (χ1) is 7.72. The van der Waals surface area contributed by atoms with Crippen LogP contribution in [0.3, 0.4) is 0 Å². The summed E-state index contributed by atoms with van der Waals surface area (Å²) < 4.78 is 5.08. The van der Waals surface area contributed by atoms with E-state index < -0.39 is 0 Å². The van der Waals surface area contributed by atoms with Gasteiger partial charge >= 0.3 is 0 Å². The van der Waals surface area contributed by atoms with Crippen molar-refractivity contribution in [1.29, 1.82) is 0 Å². The first-order valence-corrected chi connectivity index (χ1v) is 5.96. The van der Waals surface area contributed by atoms with E-state index >= 15 is 0 Å². The molecule has 0 unspecified atom stereocenters. The minimum Gasteiger partial charge on any atom is -0.495 e. The highest BCUT2D eigenvalue weighted by molar-refractivity contribution is 5.37. The first kappa shape index (κ1) is 11.2. The molecule has 0 spiro atoms. The summed E-state index contributed by atoms with van der Waals surface area (Å²) in [7, 11) is 1.66. The van der Waals surface area contributed by atoms with Crippen molar-refractivity contribution < 1.29 is 4.74 Å². The Bertz CT molecular complexity index is 328. The second kappa shape index (κ2) is 4.73. The van der Waals surface area contributed by atoms with E-state index in [2.05, 4.69) is 17.2 Å². The molecule has 16 heavy (non-hydrogen) atoms. The minimum atomic E-state index is 0.460. The van der Waals surface area contributed by atoms with Crippen LogP contribution in [-0.4, -0.2) is 18.6 Å². The molecule has 1 heterocycles. The quantitative estimate of drug-likeness (QED) is 0.846. The zero-order chi connectivity index (χ0) is 11.4. The molecule has 1 saturated carbocycles. The summed E-state index contributed by atoms with van der Waals surface area (Å²) in [5.74, 6) is 1.74. The van der Waals surface area contributed by atoms with Crippen molar-refractivity contribution in [2.75, 3.05) is 19.0 Å². The highest BCUT2D eigenvalue weighted by atomic mass is 16.5. The van der Waals surface area contributed by atoms with Crippen molar-refractivity contribution in [2.45, 2.75) is 32.6 Å². The van der Waals surface area contributed by atoms with Crippen LogP contribution >= 0.6 is 0 Å². The SMILES string of the molecule is COc1ccc(NCC2(C)CCCC2)nc1. The molecule has 1 aromatic rings. The topological polar surface area (TPSA) is 34.1 Å². The molecule has 1 N–H and O–H groups in total. The summed E-state index contributed by atoms with van der Waals surface area (Å²) in [6, 6.07) is 3.91. The number of anilines is 1. The zero-order valence-electron chi connectivity index (χ0n) is 10.1. The van der Waals surface area contributed by atoms with Gasteiger partial charge in [0.15, 0.2) is 0 Å². The predicted molar refractivity (Wildman–Crippen MR) is 65.9 cm³/mol. The van der Waals surface area contributed by atoms with E-state index in [0.29, 0.717) is 5.41 Å². The number of aromatic nitrogens is 1. The van der Waals surface area contributed by atoms with Crippen molar-refractivity contribution >= 4 is 5.82 Å². The van der Waals surface area contributed by atoms with Crippen LogP contribution in [0.2, 0.25) is 0 Å². The molecule has 1 aromatic heterocycles. The van der Waals surface area contributed by atoms with E-state index in [1.165, 1.54) is 25.7 Å². The molecule has 1 fully saturated rings. The summed E-state index contributed by atoms with van der Waals surface area (Å²) in [6.07, 6.45) is 7.15.